The summed E-state index contributed by atoms with van der Waals surface area (Å²) in [5.74, 6) is 0.894. The third kappa shape index (κ3) is 5.95. The summed E-state index contributed by atoms with van der Waals surface area (Å²) >= 11 is 1.62. The molecular formula is C18H29N5O3S. The summed E-state index contributed by atoms with van der Waals surface area (Å²) in [5, 5.41) is 3.96. The number of hydrogen-bond acceptors (Lipinski definition) is 6. The van der Waals surface area contributed by atoms with Crippen LogP contribution in [0.1, 0.15) is 12.8 Å². The number of likely N-dealkylation sites (tertiary alicyclic amines) is 1. The van der Waals surface area contributed by atoms with Gasteiger partial charge in [-0.1, -0.05) is 11.8 Å². The third-order valence-electron chi connectivity index (χ3n) is 5.07. The second-order valence-electron chi connectivity index (χ2n) is 6.99. The molecule has 2 aliphatic rings. The summed E-state index contributed by atoms with van der Waals surface area (Å²) in [6.07, 6.45) is 4.78. The van der Waals surface area contributed by atoms with Crippen LogP contribution in [0.3, 0.4) is 0 Å². The Bertz CT molecular complexity index is 632. The highest BCUT2D eigenvalue weighted by molar-refractivity contribution is 7.99. The average Bonchev–Trinajstić information content (AvgIpc) is 3.10. The van der Waals surface area contributed by atoms with Crippen LogP contribution in [-0.2, 0) is 21.4 Å². The van der Waals surface area contributed by atoms with E-state index in [-0.39, 0.29) is 17.7 Å². The molecular weight excluding hydrogens is 366 g/mol. The van der Waals surface area contributed by atoms with Crippen LogP contribution in [0.5, 0.6) is 0 Å². The van der Waals surface area contributed by atoms with Crippen molar-refractivity contribution in [1.82, 2.24) is 24.7 Å². The molecule has 1 aromatic rings. The van der Waals surface area contributed by atoms with Gasteiger partial charge >= 0.3 is 0 Å². The van der Waals surface area contributed by atoms with E-state index in [0.29, 0.717) is 32.5 Å². The maximum absolute atomic E-state index is 12.5. The van der Waals surface area contributed by atoms with Crippen molar-refractivity contribution in [2.45, 2.75) is 18.0 Å². The number of carbonyl (C=O) groups is 2. The minimum Gasteiger partial charge on any atom is -0.379 e. The van der Waals surface area contributed by atoms with Crippen molar-refractivity contribution in [3.63, 3.8) is 0 Å². The Morgan fingerprint density at radius 3 is 2.93 bits per heavy atom. The predicted octanol–water partition coefficient (Wildman–Crippen LogP) is 0.199. The number of carbonyl (C=O) groups excluding carboxylic acids is 2. The Hall–Kier alpha value is -1.58. The third-order valence-corrected chi connectivity index (χ3v) is 6.13. The average molecular weight is 396 g/mol. The van der Waals surface area contributed by atoms with Crippen LogP contribution < -0.4 is 5.32 Å². The van der Waals surface area contributed by atoms with E-state index in [1.807, 2.05) is 22.7 Å². The van der Waals surface area contributed by atoms with Crippen molar-refractivity contribution in [3.8, 4) is 0 Å². The van der Waals surface area contributed by atoms with Gasteiger partial charge in [0, 0.05) is 70.9 Å². The van der Waals surface area contributed by atoms with Crippen molar-refractivity contribution >= 4 is 23.6 Å². The van der Waals surface area contributed by atoms with E-state index in [0.717, 1.165) is 43.8 Å². The summed E-state index contributed by atoms with van der Waals surface area (Å²) in [5.41, 5.74) is 0. The fourth-order valence-corrected chi connectivity index (χ4v) is 4.17. The lowest BCUT2D eigenvalue weighted by atomic mass is 9.96. The topological polar surface area (TPSA) is 79.7 Å². The highest BCUT2D eigenvalue weighted by Gasteiger charge is 2.30. The molecule has 27 heavy (non-hydrogen) atoms. The minimum absolute atomic E-state index is 0.0549. The molecule has 1 aromatic heterocycles. The van der Waals surface area contributed by atoms with Gasteiger partial charge < -0.3 is 19.5 Å². The SMILES string of the molecule is Cn1ccnc1SCCNC(=O)[C@@H]1CCC(=O)N(CCN2CCOCC2)C1. The van der Waals surface area contributed by atoms with E-state index in [1.165, 1.54) is 0 Å². The van der Waals surface area contributed by atoms with Crippen LogP contribution in [0, 0.1) is 5.92 Å². The number of amides is 2. The molecule has 1 atom stereocenters. The molecule has 0 radical (unpaired) electrons. The smallest absolute Gasteiger partial charge is 0.224 e. The first-order chi connectivity index (χ1) is 13.1. The van der Waals surface area contributed by atoms with Gasteiger partial charge in [0.2, 0.25) is 11.8 Å². The first kappa shape index (κ1) is 20.2. The molecule has 150 valence electrons. The van der Waals surface area contributed by atoms with Crippen molar-refractivity contribution in [1.29, 1.82) is 0 Å². The lowest BCUT2D eigenvalue weighted by Crippen LogP contribution is -2.49. The zero-order chi connectivity index (χ0) is 19.1. The normalized spacial score (nSPS) is 21.4. The van der Waals surface area contributed by atoms with Crippen LogP contribution in [0.25, 0.3) is 0 Å². The number of rotatable bonds is 8. The number of imidazole rings is 1. The molecule has 2 fully saturated rings. The summed E-state index contributed by atoms with van der Waals surface area (Å²) in [4.78, 5) is 33.1. The number of nitrogens with zero attached hydrogens (tertiary/aromatic N) is 4. The Kier molecular flexibility index (Phi) is 7.54. The number of aryl methyl sites for hydroxylation is 1. The molecule has 0 bridgehead atoms. The van der Waals surface area contributed by atoms with Crippen molar-refractivity contribution in [2.75, 3.05) is 58.2 Å². The van der Waals surface area contributed by atoms with Gasteiger partial charge in [0.05, 0.1) is 19.1 Å². The monoisotopic (exact) mass is 395 g/mol. The van der Waals surface area contributed by atoms with Crippen molar-refractivity contribution < 1.29 is 14.3 Å². The molecule has 0 spiro atoms. The quantitative estimate of drug-likeness (QED) is 0.500. The molecule has 3 heterocycles. The summed E-state index contributed by atoms with van der Waals surface area (Å²) < 4.78 is 7.32. The molecule has 0 unspecified atom stereocenters. The maximum atomic E-state index is 12.5. The van der Waals surface area contributed by atoms with E-state index in [2.05, 4.69) is 15.2 Å². The van der Waals surface area contributed by atoms with Crippen LogP contribution in [0.4, 0.5) is 0 Å². The Morgan fingerprint density at radius 2 is 2.19 bits per heavy atom. The first-order valence-corrected chi connectivity index (χ1v) is 10.6. The van der Waals surface area contributed by atoms with Gasteiger partial charge in [-0.15, -0.1) is 0 Å². The summed E-state index contributed by atoms with van der Waals surface area (Å²) in [6.45, 7) is 6.03. The Balaban J connectivity index is 1.37. The lowest BCUT2D eigenvalue weighted by molar-refractivity contribution is -0.138. The van der Waals surface area contributed by atoms with Gasteiger partial charge in [0.15, 0.2) is 5.16 Å². The van der Waals surface area contributed by atoms with Gasteiger partial charge in [-0.25, -0.2) is 4.98 Å². The van der Waals surface area contributed by atoms with Crippen LogP contribution >= 0.6 is 11.8 Å². The molecule has 2 saturated heterocycles. The molecule has 2 amide bonds. The van der Waals surface area contributed by atoms with E-state index in [1.54, 1.807) is 18.0 Å². The van der Waals surface area contributed by atoms with Crippen molar-refractivity contribution in [3.05, 3.63) is 12.4 Å². The largest absolute Gasteiger partial charge is 0.379 e. The molecule has 0 saturated carbocycles. The minimum atomic E-state index is -0.106. The summed E-state index contributed by atoms with van der Waals surface area (Å²) in [7, 11) is 1.96. The predicted molar refractivity (Wildman–Crippen MR) is 104 cm³/mol. The number of morpholine rings is 1. The molecule has 2 aliphatic heterocycles. The molecule has 3 rings (SSSR count). The second kappa shape index (κ2) is 10.1. The number of thioether (sulfide) groups is 1. The molecule has 1 N–H and O–H groups in total. The van der Waals surface area contributed by atoms with Gasteiger partial charge in [-0.2, -0.15) is 0 Å². The molecule has 8 nitrogen and oxygen atoms in total. The van der Waals surface area contributed by atoms with Gasteiger partial charge in [0.1, 0.15) is 0 Å². The highest BCUT2D eigenvalue weighted by Crippen LogP contribution is 2.18. The maximum Gasteiger partial charge on any atom is 0.224 e. The number of ether oxygens (including phenoxy) is 1. The number of aromatic nitrogens is 2. The van der Waals surface area contributed by atoms with E-state index < -0.39 is 0 Å². The van der Waals surface area contributed by atoms with Crippen molar-refractivity contribution in [2.24, 2.45) is 13.0 Å². The number of piperidine rings is 1. The van der Waals surface area contributed by atoms with E-state index in [9.17, 15) is 9.59 Å². The van der Waals surface area contributed by atoms with Crippen LogP contribution in [-0.4, -0.2) is 89.4 Å². The highest BCUT2D eigenvalue weighted by atomic mass is 32.2. The molecule has 0 aliphatic carbocycles. The zero-order valence-corrected chi connectivity index (χ0v) is 16.7. The Labute approximate surface area is 164 Å². The van der Waals surface area contributed by atoms with E-state index in [4.69, 9.17) is 4.74 Å². The zero-order valence-electron chi connectivity index (χ0n) is 15.9. The second-order valence-corrected chi connectivity index (χ2v) is 8.05. The van der Waals surface area contributed by atoms with Gasteiger partial charge in [0.25, 0.3) is 0 Å². The fraction of sp³-hybridized carbons (Fsp3) is 0.722. The Morgan fingerprint density at radius 1 is 1.37 bits per heavy atom. The fourth-order valence-electron chi connectivity index (χ4n) is 3.38. The lowest BCUT2D eigenvalue weighted by Gasteiger charge is -2.34. The standard InChI is InChI=1S/C18H29N5O3S/c1-21-6-4-20-18(21)27-13-5-19-17(25)15-2-3-16(24)23(14-15)8-7-22-9-11-26-12-10-22/h4,6,15H,2-3,5,7-14H2,1H3,(H,19,25)/t15-/m1/s1. The number of nitrogens with one attached hydrogen (secondary N) is 1. The van der Waals surface area contributed by atoms with E-state index >= 15 is 0 Å². The summed E-state index contributed by atoms with van der Waals surface area (Å²) in [6, 6.07) is 0. The van der Waals surface area contributed by atoms with Gasteiger partial charge in [-0.05, 0) is 6.42 Å². The number of hydrogen-bond donors (Lipinski definition) is 1. The van der Waals surface area contributed by atoms with Crippen LogP contribution in [0.2, 0.25) is 0 Å². The molecule has 0 aromatic carbocycles. The van der Waals surface area contributed by atoms with Gasteiger partial charge in [-0.3, -0.25) is 14.5 Å². The first-order valence-electron chi connectivity index (χ1n) is 9.59. The molecule has 9 heteroatoms. The van der Waals surface area contributed by atoms with Crippen LogP contribution in [0.15, 0.2) is 17.6 Å².